The Balaban J connectivity index is 1.55. The van der Waals surface area contributed by atoms with Gasteiger partial charge in [-0.3, -0.25) is 9.59 Å². The molecule has 172 valence electrons. The summed E-state index contributed by atoms with van der Waals surface area (Å²) in [5.74, 6) is 0.925. The van der Waals surface area contributed by atoms with Crippen LogP contribution < -0.4 is 20.5 Å². The van der Waals surface area contributed by atoms with Gasteiger partial charge in [0.1, 0.15) is 0 Å². The fraction of sp³-hybridized carbons (Fsp3) is 0.280. The van der Waals surface area contributed by atoms with Crippen LogP contribution in [0.15, 0.2) is 60.0 Å². The first-order chi connectivity index (χ1) is 15.8. The highest BCUT2D eigenvalue weighted by Gasteiger charge is 2.26. The number of nitrogens with two attached hydrogens (primary N) is 1. The van der Waals surface area contributed by atoms with Crippen molar-refractivity contribution >= 4 is 28.8 Å². The van der Waals surface area contributed by atoms with Crippen LogP contribution in [0.5, 0.6) is 11.5 Å². The van der Waals surface area contributed by atoms with Crippen LogP contribution >= 0.6 is 11.3 Å². The summed E-state index contributed by atoms with van der Waals surface area (Å²) in [7, 11) is 0. The molecule has 0 fully saturated rings. The van der Waals surface area contributed by atoms with Gasteiger partial charge in [0, 0.05) is 24.3 Å². The average molecular weight is 466 g/mol. The molecule has 2 aromatic carbocycles. The number of ether oxygens (including phenoxy) is 2. The number of anilines is 1. The Morgan fingerprint density at radius 2 is 1.91 bits per heavy atom. The normalized spacial score (nSPS) is 12.5. The lowest BCUT2D eigenvalue weighted by Gasteiger charge is -2.32. The molecule has 3 N–H and O–H groups in total. The Morgan fingerprint density at radius 3 is 2.67 bits per heavy atom. The van der Waals surface area contributed by atoms with Gasteiger partial charge in [-0.25, -0.2) is 0 Å². The van der Waals surface area contributed by atoms with E-state index in [9.17, 15) is 9.59 Å². The molecule has 0 atom stereocenters. The number of hydrogen-bond donors (Lipinski definition) is 2. The van der Waals surface area contributed by atoms with Gasteiger partial charge in [0.25, 0.3) is 11.8 Å². The Hall–Kier alpha value is -3.36. The third-order valence-electron chi connectivity index (χ3n) is 5.38. The van der Waals surface area contributed by atoms with Crippen molar-refractivity contribution in [3.63, 3.8) is 0 Å². The fourth-order valence-electron chi connectivity index (χ4n) is 3.56. The first-order valence-electron chi connectivity index (χ1n) is 10.7. The monoisotopic (exact) mass is 465 g/mol. The Bertz CT molecular complexity index is 1140. The minimum absolute atomic E-state index is 0.122. The molecule has 2 amide bonds. The van der Waals surface area contributed by atoms with Crippen molar-refractivity contribution in [1.82, 2.24) is 4.90 Å². The SMILES string of the molecule is CC(C)(CN)CN(Cc1cccc(NC(=O)c2cccs2)c1)C(=O)c1ccc2c(c1)OCO2. The largest absolute Gasteiger partial charge is 0.454 e. The van der Waals surface area contributed by atoms with E-state index in [0.717, 1.165) is 5.56 Å². The molecular weight excluding hydrogens is 438 g/mol. The maximum Gasteiger partial charge on any atom is 0.265 e. The van der Waals surface area contributed by atoms with E-state index >= 15 is 0 Å². The van der Waals surface area contributed by atoms with E-state index in [1.54, 1.807) is 29.2 Å². The first kappa shape index (κ1) is 22.8. The molecule has 3 aromatic rings. The van der Waals surface area contributed by atoms with Gasteiger partial charge in [-0.2, -0.15) is 0 Å². The molecule has 1 aliphatic rings. The van der Waals surface area contributed by atoms with Crippen molar-refractivity contribution in [3.8, 4) is 11.5 Å². The Morgan fingerprint density at radius 1 is 1.09 bits per heavy atom. The van der Waals surface area contributed by atoms with Crippen molar-refractivity contribution in [2.45, 2.75) is 20.4 Å². The van der Waals surface area contributed by atoms with Crippen LogP contribution in [-0.4, -0.2) is 36.6 Å². The lowest BCUT2D eigenvalue weighted by molar-refractivity contribution is 0.0672. The van der Waals surface area contributed by atoms with Crippen LogP contribution in [-0.2, 0) is 6.54 Å². The van der Waals surface area contributed by atoms with Crippen LogP contribution in [0.25, 0.3) is 0 Å². The molecule has 0 saturated heterocycles. The van der Waals surface area contributed by atoms with Crippen molar-refractivity contribution in [3.05, 3.63) is 76.0 Å². The smallest absolute Gasteiger partial charge is 0.265 e. The molecule has 0 bridgehead atoms. The molecule has 4 rings (SSSR count). The molecular formula is C25H27N3O4S. The number of hydrogen-bond acceptors (Lipinski definition) is 6. The number of carbonyl (C=O) groups is 2. The second-order valence-electron chi connectivity index (χ2n) is 8.73. The van der Waals surface area contributed by atoms with Crippen LogP contribution in [0.4, 0.5) is 5.69 Å². The fourth-order valence-corrected chi connectivity index (χ4v) is 4.18. The zero-order chi connectivity index (χ0) is 23.4. The molecule has 1 aromatic heterocycles. The van der Waals surface area contributed by atoms with E-state index in [-0.39, 0.29) is 24.0 Å². The Labute approximate surface area is 197 Å². The van der Waals surface area contributed by atoms with Crippen LogP contribution in [0.1, 0.15) is 39.4 Å². The second-order valence-corrected chi connectivity index (χ2v) is 9.68. The number of fused-ring (bicyclic) bond motifs is 1. The molecule has 33 heavy (non-hydrogen) atoms. The minimum atomic E-state index is -0.267. The van der Waals surface area contributed by atoms with E-state index in [4.69, 9.17) is 15.2 Å². The quantitative estimate of drug-likeness (QED) is 0.516. The van der Waals surface area contributed by atoms with Crippen molar-refractivity contribution in [2.75, 3.05) is 25.2 Å². The average Bonchev–Trinajstić information content (AvgIpc) is 3.50. The molecule has 0 radical (unpaired) electrons. The van der Waals surface area contributed by atoms with Gasteiger partial charge in [0.2, 0.25) is 6.79 Å². The van der Waals surface area contributed by atoms with Crippen LogP contribution in [0, 0.1) is 5.41 Å². The van der Waals surface area contributed by atoms with E-state index in [1.165, 1.54) is 11.3 Å². The summed E-state index contributed by atoms with van der Waals surface area (Å²) in [6, 6.07) is 16.4. The van der Waals surface area contributed by atoms with E-state index < -0.39 is 0 Å². The number of thiophene rings is 1. The number of amides is 2. The van der Waals surface area contributed by atoms with Gasteiger partial charge < -0.3 is 25.4 Å². The highest BCUT2D eigenvalue weighted by atomic mass is 32.1. The van der Waals surface area contributed by atoms with Gasteiger partial charge in [-0.1, -0.05) is 32.0 Å². The third-order valence-corrected chi connectivity index (χ3v) is 6.25. The molecule has 0 spiro atoms. The van der Waals surface area contributed by atoms with E-state index in [2.05, 4.69) is 5.32 Å². The standard InChI is InChI=1S/C25H27N3O4S/c1-25(2,14-26)15-28(24(30)18-8-9-20-21(12-18)32-16-31-20)13-17-5-3-6-19(11-17)27-23(29)22-7-4-10-33-22/h3-12H,13-16,26H2,1-2H3,(H,27,29). The van der Waals surface area contributed by atoms with E-state index in [0.29, 0.717) is 47.3 Å². The van der Waals surface area contributed by atoms with Crippen molar-refractivity contribution in [1.29, 1.82) is 0 Å². The predicted octanol–water partition coefficient (Wildman–Crippen LogP) is 4.36. The summed E-state index contributed by atoms with van der Waals surface area (Å²) in [5, 5.41) is 4.79. The lowest BCUT2D eigenvalue weighted by atomic mass is 9.92. The number of carbonyl (C=O) groups excluding carboxylic acids is 2. The summed E-state index contributed by atoms with van der Waals surface area (Å²) >= 11 is 1.39. The summed E-state index contributed by atoms with van der Waals surface area (Å²) < 4.78 is 10.8. The van der Waals surface area contributed by atoms with Gasteiger partial charge in [0.05, 0.1) is 4.88 Å². The topological polar surface area (TPSA) is 93.9 Å². The lowest BCUT2D eigenvalue weighted by Crippen LogP contribution is -2.41. The van der Waals surface area contributed by atoms with Crippen LogP contribution in [0.3, 0.4) is 0 Å². The maximum absolute atomic E-state index is 13.5. The van der Waals surface area contributed by atoms with E-state index in [1.807, 2.05) is 49.6 Å². The summed E-state index contributed by atoms with van der Waals surface area (Å²) in [5.41, 5.74) is 7.80. The van der Waals surface area contributed by atoms with Gasteiger partial charge >= 0.3 is 0 Å². The highest BCUT2D eigenvalue weighted by molar-refractivity contribution is 7.12. The molecule has 2 heterocycles. The minimum Gasteiger partial charge on any atom is -0.454 e. The summed E-state index contributed by atoms with van der Waals surface area (Å²) in [6.45, 7) is 5.51. The predicted molar refractivity (Wildman–Crippen MR) is 129 cm³/mol. The number of rotatable bonds is 8. The Kier molecular flexibility index (Phi) is 6.67. The first-order valence-corrected chi connectivity index (χ1v) is 11.6. The summed E-state index contributed by atoms with van der Waals surface area (Å²) in [6.07, 6.45) is 0. The molecule has 0 aliphatic carbocycles. The molecule has 0 unspecified atom stereocenters. The molecule has 8 heteroatoms. The highest BCUT2D eigenvalue weighted by Crippen LogP contribution is 2.33. The van der Waals surface area contributed by atoms with Crippen molar-refractivity contribution < 1.29 is 19.1 Å². The van der Waals surface area contributed by atoms with Crippen LogP contribution in [0.2, 0.25) is 0 Å². The maximum atomic E-state index is 13.5. The van der Waals surface area contributed by atoms with Crippen molar-refractivity contribution in [2.24, 2.45) is 11.1 Å². The zero-order valence-corrected chi connectivity index (χ0v) is 19.5. The summed E-state index contributed by atoms with van der Waals surface area (Å²) in [4.78, 5) is 28.3. The van der Waals surface area contributed by atoms with Gasteiger partial charge in [0.15, 0.2) is 11.5 Å². The van der Waals surface area contributed by atoms with Gasteiger partial charge in [-0.05, 0) is 59.3 Å². The zero-order valence-electron chi connectivity index (χ0n) is 18.7. The number of nitrogens with zero attached hydrogens (tertiary/aromatic N) is 1. The van der Waals surface area contributed by atoms with Gasteiger partial charge in [-0.15, -0.1) is 11.3 Å². The molecule has 0 saturated carbocycles. The number of benzene rings is 2. The second kappa shape index (κ2) is 9.64. The number of nitrogens with one attached hydrogen (secondary N) is 1. The third kappa shape index (κ3) is 5.53. The molecule has 1 aliphatic heterocycles. The molecule has 7 nitrogen and oxygen atoms in total.